The van der Waals surface area contributed by atoms with Gasteiger partial charge in [-0.3, -0.25) is 4.79 Å². The predicted octanol–water partition coefficient (Wildman–Crippen LogP) is 6.99. The molecule has 1 aliphatic carbocycles. The van der Waals surface area contributed by atoms with E-state index in [9.17, 15) is 10.1 Å². The molecule has 1 unspecified atom stereocenters. The molecular weight excluding hydrogens is 464 g/mol. The maximum atomic E-state index is 12.9. The van der Waals surface area contributed by atoms with Crippen LogP contribution in [-0.4, -0.2) is 12.6 Å². The van der Waals surface area contributed by atoms with E-state index in [4.69, 9.17) is 19.9 Å². The van der Waals surface area contributed by atoms with Crippen molar-refractivity contribution < 1.29 is 19.0 Å². The Balaban J connectivity index is 1.50. The summed E-state index contributed by atoms with van der Waals surface area (Å²) in [6.07, 6.45) is 9.72. The zero-order valence-electron chi connectivity index (χ0n) is 22.0. The predicted molar refractivity (Wildman–Crippen MR) is 143 cm³/mol. The smallest absolute Gasteiger partial charge is 0.314 e. The first kappa shape index (κ1) is 26.6. The summed E-state index contributed by atoms with van der Waals surface area (Å²) in [6, 6.07) is 15.3. The monoisotopic (exact) mass is 502 g/mol. The highest BCUT2D eigenvalue weighted by Crippen LogP contribution is 2.44. The Bertz CT molecular complexity index is 1160. The average Bonchev–Trinajstić information content (AvgIpc) is 2.91. The number of nitriles is 1. The molecular formula is C31H38N2O4. The van der Waals surface area contributed by atoms with Gasteiger partial charge in [-0.1, -0.05) is 57.7 Å². The van der Waals surface area contributed by atoms with E-state index in [2.05, 4.69) is 19.9 Å². The number of esters is 1. The summed E-state index contributed by atoms with van der Waals surface area (Å²) < 4.78 is 17.5. The molecule has 6 nitrogen and oxygen atoms in total. The summed E-state index contributed by atoms with van der Waals surface area (Å²) in [5.41, 5.74) is 8.22. The Morgan fingerprint density at radius 2 is 1.84 bits per heavy atom. The van der Waals surface area contributed by atoms with E-state index in [0.717, 1.165) is 61.3 Å². The Kier molecular flexibility index (Phi) is 9.11. The number of carbonyl (C=O) groups excluding carboxylic acids is 1. The molecule has 2 aromatic carbocycles. The highest BCUT2D eigenvalue weighted by Gasteiger charge is 2.32. The van der Waals surface area contributed by atoms with Crippen LogP contribution in [0.2, 0.25) is 0 Å². The van der Waals surface area contributed by atoms with Gasteiger partial charge in [0.25, 0.3) is 0 Å². The van der Waals surface area contributed by atoms with Gasteiger partial charge in [-0.15, -0.1) is 0 Å². The van der Waals surface area contributed by atoms with Gasteiger partial charge >= 0.3 is 5.97 Å². The van der Waals surface area contributed by atoms with Gasteiger partial charge in [0.2, 0.25) is 5.88 Å². The average molecular weight is 503 g/mol. The van der Waals surface area contributed by atoms with Gasteiger partial charge < -0.3 is 19.9 Å². The molecule has 0 aromatic heterocycles. The van der Waals surface area contributed by atoms with Crippen molar-refractivity contribution in [3.05, 3.63) is 65.0 Å². The molecule has 0 amide bonds. The lowest BCUT2D eigenvalue weighted by Crippen LogP contribution is -2.26. The largest absolute Gasteiger partial charge is 0.494 e. The Morgan fingerprint density at radius 1 is 1.05 bits per heavy atom. The minimum absolute atomic E-state index is 0.0613. The fourth-order valence-corrected chi connectivity index (χ4v) is 5.34. The lowest BCUT2D eigenvalue weighted by Gasteiger charge is -2.28. The third-order valence-electron chi connectivity index (χ3n) is 7.51. The van der Waals surface area contributed by atoms with Crippen LogP contribution in [0.4, 0.5) is 0 Å². The molecule has 0 saturated heterocycles. The van der Waals surface area contributed by atoms with Gasteiger partial charge in [-0.25, -0.2) is 0 Å². The van der Waals surface area contributed by atoms with Crippen LogP contribution in [0.25, 0.3) is 0 Å². The number of ether oxygens (including phenoxy) is 3. The van der Waals surface area contributed by atoms with Crippen molar-refractivity contribution in [1.29, 1.82) is 5.26 Å². The number of allylic oxidation sites excluding steroid dienone is 1. The quantitative estimate of drug-likeness (QED) is 0.214. The number of unbranched alkanes of at least 4 members (excludes halogenated alkanes) is 2. The van der Waals surface area contributed by atoms with Crippen LogP contribution in [0.1, 0.15) is 88.7 Å². The molecule has 1 saturated carbocycles. The van der Waals surface area contributed by atoms with Crippen LogP contribution in [-0.2, 0) is 4.79 Å². The Morgan fingerprint density at radius 3 is 2.57 bits per heavy atom. The lowest BCUT2D eigenvalue weighted by atomic mass is 9.80. The molecule has 2 N–H and O–H groups in total. The van der Waals surface area contributed by atoms with Crippen LogP contribution in [0.15, 0.2) is 53.9 Å². The summed E-state index contributed by atoms with van der Waals surface area (Å²) >= 11 is 0. The lowest BCUT2D eigenvalue weighted by molar-refractivity contribution is -0.140. The second-order valence-corrected chi connectivity index (χ2v) is 10.2. The van der Waals surface area contributed by atoms with E-state index in [0.29, 0.717) is 23.7 Å². The molecule has 1 atom stereocenters. The van der Waals surface area contributed by atoms with E-state index in [-0.39, 0.29) is 17.8 Å². The molecule has 2 aliphatic rings. The van der Waals surface area contributed by atoms with E-state index in [1.165, 1.54) is 19.3 Å². The summed E-state index contributed by atoms with van der Waals surface area (Å²) in [7, 11) is 0. The fraction of sp³-hybridized carbons (Fsp3) is 0.484. The maximum Gasteiger partial charge on any atom is 0.314 e. The molecule has 37 heavy (non-hydrogen) atoms. The third-order valence-corrected chi connectivity index (χ3v) is 7.51. The number of hydrogen-bond donors (Lipinski definition) is 1. The molecule has 6 heteroatoms. The molecule has 196 valence electrons. The maximum absolute atomic E-state index is 12.9. The topological polar surface area (TPSA) is 94.6 Å². The number of nitrogens with two attached hydrogens (primary N) is 1. The van der Waals surface area contributed by atoms with Crippen molar-refractivity contribution in [3.63, 3.8) is 0 Å². The highest BCUT2D eigenvalue weighted by molar-refractivity contribution is 5.75. The standard InChI is InChI=1S/C31H38N2O4/c1-3-5-8-21-11-13-22(14-12-21)31(34)36-25-15-16-26-28(19-25)37-30(33)27(20-32)29(26)23-9-7-10-24(18-23)35-17-6-4-2/h7,9-10,15-16,18-19,21-22,29H,3-6,8,11-14,17,33H2,1-2H3. The number of hydrogen-bond acceptors (Lipinski definition) is 6. The first-order chi connectivity index (χ1) is 18.0. The van der Waals surface area contributed by atoms with Gasteiger partial charge in [-0.2, -0.15) is 5.26 Å². The van der Waals surface area contributed by atoms with Crippen LogP contribution < -0.4 is 19.9 Å². The van der Waals surface area contributed by atoms with Crippen molar-refractivity contribution in [2.45, 2.75) is 77.6 Å². The Hall–Kier alpha value is -3.46. The third kappa shape index (κ3) is 6.46. The molecule has 1 heterocycles. The van der Waals surface area contributed by atoms with Crippen molar-refractivity contribution in [1.82, 2.24) is 0 Å². The molecule has 0 spiro atoms. The van der Waals surface area contributed by atoms with Crippen molar-refractivity contribution >= 4 is 5.97 Å². The van der Waals surface area contributed by atoms with Crippen LogP contribution in [0.5, 0.6) is 17.2 Å². The zero-order valence-corrected chi connectivity index (χ0v) is 22.0. The fourth-order valence-electron chi connectivity index (χ4n) is 5.34. The van der Waals surface area contributed by atoms with Gasteiger partial charge in [-0.05, 0) is 61.8 Å². The van der Waals surface area contributed by atoms with E-state index in [1.54, 1.807) is 12.1 Å². The van der Waals surface area contributed by atoms with Gasteiger partial charge in [0.1, 0.15) is 28.9 Å². The van der Waals surface area contributed by atoms with Gasteiger partial charge in [0, 0.05) is 11.6 Å². The highest BCUT2D eigenvalue weighted by atomic mass is 16.5. The van der Waals surface area contributed by atoms with E-state index in [1.807, 2.05) is 30.3 Å². The summed E-state index contributed by atoms with van der Waals surface area (Å²) in [6.45, 7) is 4.98. The molecule has 0 bridgehead atoms. The Labute approximate surface area is 220 Å². The van der Waals surface area contributed by atoms with Crippen molar-refractivity contribution in [2.24, 2.45) is 17.6 Å². The number of carbonyl (C=O) groups is 1. The van der Waals surface area contributed by atoms with Crippen molar-refractivity contribution in [2.75, 3.05) is 6.61 Å². The minimum Gasteiger partial charge on any atom is -0.494 e. The number of nitrogens with zero attached hydrogens (tertiary/aromatic N) is 1. The summed E-state index contributed by atoms with van der Waals surface area (Å²) in [4.78, 5) is 12.9. The second kappa shape index (κ2) is 12.7. The van der Waals surface area contributed by atoms with Crippen LogP contribution in [0.3, 0.4) is 0 Å². The molecule has 0 radical (unpaired) electrons. The number of rotatable bonds is 10. The second-order valence-electron chi connectivity index (χ2n) is 10.2. The summed E-state index contributed by atoms with van der Waals surface area (Å²) in [5, 5.41) is 9.88. The molecule has 1 fully saturated rings. The SMILES string of the molecule is CCCCOc1cccc(C2C(C#N)=C(N)Oc3cc(OC(=O)C4CCC(CCCC)CC4)ccc32)c1. The zero-order chi connectivity index (χ0) is 26.2. The molecule has 4 rings (SSSR count). The van der Waals surface area contributed by atoms with Crippen LogP contribution in [0, 0.1) is 23.2 Å². The van der Waals surface area contributed by atoms with Gasteiger partial charge in [0.05, 0.1) is 18.4 Å². The van der Waals surface area contributed by atoms with Crippen LogP contribution >= 0.6 is 0 Å². The van der Waals surface area contributed by atoms with E-state index >= 15 is 0 Å². The minimum atomic E-state index is -0.397. The van der Waals surface area contributed by atoms with Gasteiger partial charge in [0.15, 0.2) is 0 Å². The first-order valence-corrected chi connectivity index (χ1v) is 13.7. The van der Waals surface area contributed by atoms with E-state index < -0.39 is 5.92 Å². The van der Waals surface area contributed by atoms with Crippen molar-refractivity contribution in [3.8, 4) is 23.3 Å². The number of fused-ring (bicyclic) bond motifs is 1. The summed E-state index contributed by atoms with van der Waals surface area (Å²) in [5.74, 6) is 1.83. The first-order valence-electron chi connectivity index (χ1n) is 13.7. The normalized spacial score (nSPS) is 20.9. The molecule has 1 aliphatic heterocycles. The number of benzene rings is 2. The molecule has 2 aromatic rings.